The first-order chi connectivity index (χ1) is 6.81. The van der Waals surface area contributed by atoms with Crippen molar-refractivity contribution in [2.24, 2.45) is 0 Å². The van der Waals surface area contributed by atoms with E-state index in [4.69, 9.17) is 0 Å². The maximum absolute atomic E-state index is 4.57. The largest absolute Gasteiger partial charge is 0.240 e. The third-order valence-electron chi connectivity index (χ3n) is 2.01. The molecule has 0 aliphatic rings. The van der Waals surface area contributed by atoms with Crippen LogP contribution in [-0.4, -0.2) is 4.98 Å². The Hall–Kier alpha value is -0.670. The molecule has 0 amide bonds. The number of nitrogens with zero attached hydrogens (tertiary/aromatic N) is 1. The average molecular weight is 268 g/mol. The molecule has 0 spiro atoms. The predicted molar refractivity (Wildman–Crippen MR) is 64.6 cm³/mol. The summed E-state index contributed by atoms with van der Waals surface area (Å²) in [5.74, 6) is 0. The molecular formula is C11H10BrNS. The van der Waals surface area contributed by atoms with Crippen LogP contribution in [0.2, 0.25) is 0 Å². The highest BCUT2D eigenvalue weighted by Crippen LogP contribution is 2.31. The van der Waals surface area contributed by atoms with Crippen molar-refractivity contribution < 1.29 is 0 Å². The van der Waals surface area contributed by atoms with Crippen LogP contribution in [0.15, 0.2) is 34.1 Å². The van der Waals surface area contributed by atoms with Crippen LogP contribution < -0.4 is 0 Å². The highest BCUT2D eigenvalue weighted by atomic mass is 79.9. The van der Waals surface area contributed by atoms with Gasteiger partial charge >= 0.3 is 0 Å². The summed E-state index contributed by atoms with van der Waals surface area (Å²) in [5.41, 5.74) is 2.34. The van der Waals surface area contributed by atoms with E-state index >= 15 is 0 Å². The molecule has 1 heterocycles. The molecule has 0 N–H and O–H groups in total. The lowest BCUT2D eigenvalue weighted by molar-refractivity contribution is 1.06. The van der Waals surface area contributed by atoms with Crippen LogP contribution in [-0.2, 0) is 6.42 Å². The van der Waals surface area contributed by atoms with E-state index in [1.54, 1.807) is 11.3 Å². The molecule has 2 rings (SSSR count). The lowest BCUT2D eigenvalue weighted by Gasteiger charge is -1.92. The lowest BCUT2D eigenvalue weighted by atomic mass is 10.2. The van der Waals surface area contributed by atoms with Crippen LogP contribution in [0.3, 0.4) is 0 Å². The summed E-state index contributed by atoms with van der Waals surface area (Å²) in [6.07, 6.45) is 0.976. The Morgan fingerprint density at radius 2 is 2.00 bits per heavy atom. The Balaban J connectivity index is 2.43. The van der Waals surface area contributed by atoms with Crippen molar-refractivity contribution >= 4 is 27.3 Å². The quantitative estimate of drug-likeness (QED) is 0.797. The van der Waals surface area contributed by atoms with Gasteiger partial charge in [0.25, 0.3) is 0 Å². The van der Waals surface area contributed by atoms with E-state index in [-0.39, 0.29) is 0 Å². The van der Waals surface area contributed by atoms with Gasteiger partial charge in [0.15, 0.2) is 0 Å². The third kappa shape index (κ3) is 1.88. The number of aryl methyl sites for hydroxylation is 1. The fourth-order valence-corrected chi connectivity index (χ4v) is 2.97. The van der Waals surface area contributed by atoms with Crippen LogP contribution in [0.25, 0.3) is 10.6 Å². The molecule has 0 radical (unpaired) electrons. The molecule has 0 unspecified atom stereocenters. The molecule has 0 saturated carbocycles. The second-order valence-corrected chi connectivity index (χ2v) is 5.28. The Labute approximate surface area is 95.9 Å². The minimum atomic E-state index is 0.976. The number of rotatable bonds is 2. The highest BCUT2D eigenvalue weighted by molar-refractivity contribution is 9.11. The van der Waals surface area contributed by atoms with Crippen LogP contribution in [0.4, 0.5) is 0 Å². The first kappa shape index (κ1) is 9.87. The summed E-state index contributed by atoms with van der Waals surface area (Å²) in [4.78, 5) is 4.57. The second kappa shape index (κ2) is 4.24. The van der Waals surface area contributed by atoms with Crippen molar-refractivity contribution in [1.82, 2.24) is 4.98 Å². The topological polar surface area (TPSA) is 12.9 Å². The van der Waals surface area contributed by atoms with Gasteiger partial charge in [0.2, 0.25) is 0 Å². The van der Waals surface area contributed by atoms with Gasteiger partial charge in [0, 0.05) is 5.56 Å². The van der Waals surface area contributed by atoms with Gasteiger partial charge in [-0.1, -0.05) is 37.3 Å². The van der Waals surface area contributed by atoms with Gasteiger partial charge in [0.1, 0.15) is 5.01 Å². The van der Waals surface area contributed by atoms with Gasteiger partial charge in [-0.25, -0.2) is 4.98 Å². The van der Waals surface area contributed by atoms with E-state index in [9.17, 15) is 0 Å². The fraction of sp³-hybridized carbons (Fsp3) is 0.182. The Bertz CT molecular complexity index is 422. The van der Waals surface area contributed by atoms with Crippen molar-refractivity contribution in [3.8, 4) is 10.6 Å². The molecule has 14 heavy (non-hydrogen) atoms. The Kier molecular flexibility index (Phi) is 2.99. The molecule has 3 heteroatoms. The van der Waals surface area contributed by atoms with Crippen LogP contribution in [0.5, 0.6) is 0 Å². The minimum Gasteiger partial charge on any atom is -0.240 e. The normalized spacial score (nSPS) is 10.4. The fourth-order valence-electron chi connectivity index (χ4n) is 1.26. The molecule has 0 atom stereocenters. The Morgan fingerprint density at radius 1 is 1.29 bits per heavy atom. The zero-order chi connectivity index (χ0) is 9.97. The van der Waals surface area contributed by atoms with Crippen molar-refractivity contribution in [2.75, 3.05) is 0 Å². The van der Waals surface area contributed by atoms with Gasteiger partial charge in [0.05, 0.1) is 9.48 Å². The number of hydrogen-bond donors (Lipinski definition) is 0. The summed E-state index contributed by atoms with van der Waals surface area (Å²) in [6.45, 7) is 2.12. The maximum Gasteiger partial charge on any atom is 0.124 e. The number of benzene rings is 1. The van der Waals surface area contributed by atoms with Crippen molar-refractivity contribution in [1.29, 1.82) is 0 Å². The van der Waals surface area contributed by atoms with Crippen LogP contribution >= 0.6 is 27.3 Å². The van der Waals surface area contributed by atoms with Crippen molar-refractivity contribution in [3.63, 3.8) is 0 Å². The monoisotopic (exact) mass is 267 g/mol. The van der Waals surface area contributed by atoms with E-state index in [0.29, 0.717) is 0 Å². The number of hydrogen-bond acceptors (Lipinski definition) is 2. The smallest absolute Gasteiger partial charge is 0.124 e. The van der Waals surface area contributed by atoms with Crippen LogP contribution in [0, 0.1) is 0 Å². The third-order valence-corrected chi connectivity index (χ3v) is 3.88. The lowest BCUT2D eigenvalue weighted by Crippen LogP contribution is -1.80. The number of halogens is 1. The molecule has 0 bridgehead atoms. The summed E-state index contributed by atoms with van der Waals surface area (Å²) in [5, 5.41) is 1.09. The summed E-state index contributed by atoms with van der Waals surface area (Å²) in [6, 6.07) is 10.3. The van der Waals surface area contributed by atoms with Gasteiger partial charge in [-0.3, -0.25) is 0 Å². The first-order valence-electron chi connectivity index (χ1n) is 4.52. The first-order valence-corrected chi connectivity index (χ1v) is 6.13. The SMILES string of the molecule is CCc1nc(-c2ccccc2)sc1Br. The van der Waals surface area contributed by atoms with E-state index in [1.807, 2.05) is 18.2 Å². The van der Waals surface area contributed by atoms with Crippen molar-refractivity contribution in [2.45, 2.75) is 13.3 Å². The molecule has 0 fully saturated rings. The van der Waals surface area contributed by atoms with E-state index in [0.717, 1.165) is 20.9 Å². The molecule has 72 valence electrons. The molecule has 2 aromatic rings. The summed E-state index contributed by atoms with van der Waals surface area (Å²) < 4.78 is 1.15. The van der Waals surface area contributed by atoms with E-state index in [1.165, 1.54) is 5.56 Å². The summed E-state index contributed by atoms with van der Waals surface area (Å²) in [7, 11) is 0. The minimum absolute atomic E-state index is 0.976. The zero-order valence-corrected chi connectivity index (χ0v) is 10.2. The molecule has 0 aliphatic carbocycles. The molecule has 0 aliphatic heterocycles. The van der Waals surface area contributed by atoms with Gasteiger partial charge < -0.3 is 0 Å². The van der Waals surface area contributed by atoms with E-state index in [2.05, 4.69) is 40.0 Å². The average Bonchev–Trinajstić information content (AvgIpc) is 2.61. The van der Waals surface area contributed by atoms with Crippen molar-refractivity contribution in [3.05, 3.63) is 39.8 Å². The summed E-state index contributed by atoms with van der Waals surface area (Å²) >= 11 is 5.23. The number of thiazole rings is 1. The van der Waals surface area contributed by atoms with Crippen LogP contribution in [0.1, 0.15) is 12.6 Å². The molecule has 0 saturated heterocycles. The second-order valence-electron chi connectivity index (χ2n) is 2.96. The van der Waals surface area contributed by atoms with Gasteiger partial charge in [-0.2, -0.15) is 0 Å². The zero-order valence-electron chi connectivity index (χ0n) is 7.83. The molecule has 1 aromatic carbocycles. The molecule has 1 nitrogen and oxygen atoms in total. The predicted octanol–water partition coefficient (Wildman–Crippen LogP) is 4.14. The molecule has 1 aromatic heterocycles. The van der Waals surface area contributed by atoms with Gasteiger partial charge in [-0.05, 0) is 22.4 Å². The van der Waals surface area contributed by atoms with Gasteiger partial charge in [-0.15, -0.1) is 11.3 Å². The highest BCUT2D eigenvalue weighted by Gasteiger charge is 2.07. The standard InChI is InChI=1S/C11H10BrNS/c1-2-9-10(12)14-11(13-9)8-6-4-3-5-7-8/h3-7H,2H2,1H3. The molecular weight excluding hydrogens is 258 g/mol. The van der Waals surface area contributed by atoms with E-state index < -0.39 is 0 Å². The maximum atomic E-state index is 4.57. The number of aromatic nitrogens is 1. The Morgan fingerprint density at radius 3 is 2.57 bits per heavy atom.